The Morgan fingerprint density at radius 2 is 2.14 bits per heavy atom. The molecule has 1 saturated heterocycles. The van der Waals surface area contributed by atoms with Crippen LogP contribution < -0.4 is 16.4 Å². The van der Waals surface area contributed by atoms with Crippen LogP contribution in [0.15, 0.2) is 12.3 Å². The molecule has 3 atom stereocenters. The fourth-order valence-corrected chi connectivity index (χ4v) is 3.04. The van der Waals surface area contributed by atoms with E-state index in [0.29, 0.717) is 11.7 Å². The molecule has 2 unspecified atom stereocenters. The van der Waals surface area contributed by atoms with Crippen LogP contribution in [0.3, 0.4) is 0 Å². The van der Waals surface area contributed by atoms with Crippen molar-refractivity contribution in [2.24, 2.45) is 0 Å². The molecule has 0 radical (unpaired) electrons. The molecule has 21 heavy (non-hydrogen) atoms. The zero-order chi connectivity index (χ0) is 14.7. The molecule has 1 aliphatic heterocycles. The van der Waals surface area contributed by atoms with E-state index >= 15 is 0 Å². The van der Waals surface area contributed by atoms with Gasteiger partial charge in [0.2, 0.25) is 0 Å². The van der Waals surface area contributed by atoms with E-state index in [0.717, 1.165) is 56.8 Å². The van der Waals surface area contributed by atoms with Gasteiger partial charge >= 0.3 is 0 Å². The lowest BCUT2D eigenvalue weighted by molar-refractivity contribution is 0.124. The zero-order valence-electron chi connectivity index (χ0n) is 12.2. The number of ether oxygens (including phenoxy) is 1. The molecule has 3 rings (SSSR count). The highest BCUT2D eigenvalue weighted by molar-refractivity contribution is 5.69. The molecule has 5 N–H and O–H groups in total. The molecular formula is C15H24N4O2. The van der Waals surface area contributed by atoms with Gasteiger partial charge in [0.15, 0.2) is 0 Å². The van der Waals surface area contributed by atoms with E-state index < -0.39 is 0 Å². The quantitative estimate of drug-likeness (QED) is 0.673. The lowest BCUT2D eigenvalue weighted by atomic mass is 9.93. The Kier molecular flexibility index (Phi) is 4.45. The van der Waals surface area contributed by atoms with E-state index in [-0.39, 0.29) is 12.1 Å². The van der Waals surface area contributed by atoms with Crippen molar-refractivity contribution in [1.82, 2.24) is 4.98 Å². The first kappa shape index (κ1) is 14.4. The summed E-state index contributed by atoms with van der Waals surface area (Å²) in [5.41, 5.74) is 7.54. The smallest absolute Gasteiger partial charge is 0.128 e. The van der Waals surface area contributed by atoms with Crippen LogP contribution in [0.4, 0.5) is 17.2 Å². The summed E-state index contributed by atoms with van der Waals surface area (Å²) in [6.07, 6.45) is 6.30. The highest BCUT2D eigenvalue weighted by atomic mass is 16.5. The minimum absolute atomic E-state index is 0.196. The van der Waals surface area contributed by atoms with Crippen LogP contribution in [0.1, 0.15) is 32.1 Å². The molecule has 1 aromatic rings. The van der Waals surface area contributed by atoms with Crippen LogP contribution in [0, 0.1) is 0 Å². The van der Waals surface area contributed by atoms with Crippen LogP contribution in [0.2, 0.25) is 0 Å². The monoisotopic (exact) mass is 292 g/mol. The molecule has 6 heteroatoms. The Morgan fingerprint density at radius 3 is 2.90 bits per heavy atom. The summed E-state index contributed by atoms with van der Waals surface area (Å²) in [5, 5.41) is 16.6. The topological polar surface area (TPSA) is 92.4 Å². The van der Waals surface area contributed by atoms with E-state index in [1.807, 2.05) is 6.07 Å². The molecule has 0 amide bonds. The average molecular weight is 292 g/mol. The first-order chi connectivity index (χ1) is 10.2. The lowest BCUT2D eigenvalue weighted by Gasteiger charge is -2.27. The fourth-order valence-electron chi connectivity index (χ4n) is 3.04. The summed E-state index contributed by atoms with van der Waals surface area (Å²) < 4.78 is 5.37. The third-order valence-electron chi connectivity index (χ3n) is 4.22. The molecule has 0 spiro atoms. The number of aliphatic hydroxyl groups is 1. The van der Waals surface area contributed by atoms with Crippen LogP contribution in [0.5, 0.6) is 0 Å². The summed E-state index contributed by atoms with van der Waals surface area (Å²) in [7, 11) is 0. The number of hydrogen-bond acceptors (Lipinski definition) is 6. The minimum atomic E-state index is -0.196. The van der Waals surface area contributed by atoms with E-state index in [1.54, 1.807) is 6.20 Å². The van der Waals surface area contributed by atoms with Crippen LogP contribution in [-0.4, -0.2) is 41.5 Å². The molecule has 1 saturated carbocycles. The largest absolute Gasteiger partial charge is 0.396 e. The Labute approximate surface area is 125 Å². The third-order valence-corrected chi connectivity index (χ3v) is 4.22. The summed E-state index contributed by atoms with van der Waals surface area (Å²) in [6, 6.07) is 2.56. The predicted molar refractivity (Wildman–Crippen MR) is 83.4 cm³/mol. The molecule has 2 fully saturated rings. The first-order valence-corrected chi connectivity index (χ1v) is 7.75. The predicted octanol–water partition coefficient (Wildman–Crippen LogP) is 1.58. The van der Waals surface area contributed by atoms with Gasteiger partial charge in [-0.2, -0.15) is 0 Å². The average Bonchev–Trinajstić information content (AvgIpc) is 2.96. The van der Waals surface area contributed by atoms with Gasteiger partial charge in [-0.05, 0) is 32.1 Å². The van der Waals surface area contributed by atoms with Crippen molar-refractivity contribution in [3.8, 4) is 0 Å². The molecule has 1 aromatic heterocycles. The van der Waals surface area contributed by atoms with Gasteiger partial charge in [-0.1, -0.05) is 0 Å². The van der Waals surface area contributed by atoms with Gasteiger partial charge < -0.3 is 26.2 Å². The second-order valence-electron chi connectivity index (χ2n) is 6.02. The Balaban J connectivity index is 1.65. The zero-order valence-corrected chi connectivity index (χ0v) is 12.2. The van der Waals surface area contributed by atoms with Crippen molar-refractivity contribution in [2.75, 3.05) is 29.6 Å². The summed E-state index contributed by atoms with van der Waals surface area (Å²) in [4.78, 5) is 4.34. The van der Waals surface area contributed by atoms with Gasteiger partial charge in [0.1, 0.15) is 5.82 Å². The molecule has 2 aliphatic rings. The van der Waals surface area contributed by atoms with E-state index in [2.05, 4.69) is 15.6 Å². The van der Waals surface area contributed by atoms with Gasteiger partial charge in [-0.25, -0.2) is 4.98 Å². The second kappa shape index (κ2) is 6.49. The molecule has 0 bridgehead atoms. The number of nitrogens with zero attached hydrogens (tertiary/aromatic N) is 1. The molecule has 2 heterocycles. The number of pyridine rings is 1. The van der Waals surface area contributed by atoms with E-state index in [1.165, 1.54) is 0 Å². The van der Waals surface area contributed by atoms with Crippen LogP contribution >= 0.6 is 0 Å². The van der Waals surface area contributed by atoms with Crippen molar-refractivity contribution < 1.29 is 9.84 Å². The number of nitrogen functional groups attached to an aromatic ring is 1. The summed E-state index contributed by atoms with van der Waals surface area (Å²) >= 11 is 0. The molecule has 6 nitrogen and oxygen atoms in total. The van der Waals surface area contributed by atoms with Gasteiger partial charge in [-0.15, -0.1) is 0 Å². The van der Waals surface area contributed by atoms with Gasteiger partial charge in [0, 0.05) is 18.7 Å². The van der Waals surface area contributed by atoms with Crippen molar-refractivity contribution in [2.45, 2.75) is 50.3 Å². The van der Waals surface area contributed by atoms with Crippen molar-refractivity contribution >= 4 is 17.2 Å². The maximum atomic E-state index is 9.74. The van der Waals surface area contributed by atoms with Gasteiger partial charge in [0.25, 0.3) is 0 Å². The van der Waals surface area contributed by atoms with Gasteiger partial charge in [-0.3, -0.25) is 0 Å². The maximum Gasteiger partial charge on any atom is 0.128 e. The highest BCUT2D eigenvalue weighted by Crippen LogP contribution is 2.26. The SMILES string of the molecule is Nc1cnc(NC2CCCC(O)C2)cc1N[C@H]1CCOC1. The number of nitrogens with two attached hydrogens (primary N) is 1. The van der Waals surface area contributed by atoms with Crippen LogP contribution in [0.25, 0.3) is 0 Å². The van der Waals surface area contributed by atoms with Crippen LogP contribution in [-0.2, 0) is 4.74 Å². The summed E-state index contributed by atoms with van der Waals surface area (Å²) in [6.45, 7) is 1.52. The minimum Gasteiger partial charge on any atom is -0.396 e. The standard InChI is InChI=1S/C15H24N4O2/c16-13-8-17-15(19-10-2-1-3-12(20)6-10)7-14(13)18-11-4-5-21-9-11/h7-8,10-12,20H,1-6,9,16H2,(H2,17,18,19)/t10?,11-,12?/m0/s1. The van der Waals surface area contributed by atoms with Crippen molar-refractivity contribution in [3.63, 3.8) is 0 Å². The number of rotatable bonds is 4. The number of anilines is 3. The summed E-state index contributed by atoms with van der Waals surface area (Å²) in [5.74, 6) is 0.810. The Bertz CT molecular complexity index is 477. The number of hydrogen-bond donors (Lipinski definition) is 4. The van der Waals surface area contributed by atoms with E-state index in [9.17, 15) is 5.11 Å². The van der Waals surface area contributed by atoms with E-state index in [4.69, 9.17) is 10.5 Å². The number of aliphatic hydroxyl groups excluding tert-OH is 1. The third kappa shape index (κ3) is 3.77. The second-order valence-corrected chi connectivity index (χ2v) is 6.02. The first-order valence-electron chi connectivity index (χ1n) is 7.75. The lowest BCUT2D eigenvalue weighted by Crippen LogP contribution is -2.30. The van der Waals surface area contributed by atoms with Gasteiger partial charge in [0.05, 0.1) is 36.3 Å². The molecule has 116 valence electrons. The molecular weight excluding hydrogens is 268 g/mol. The molecule has 1 aliphatic carbocycles. The number of aromatic nitrogens is 1. The molecule has 0 aromatic carbocycles. The normalized spacial score (nSPS) is 29.3. The fraction of sp³-hybridized carbons (Fsp3) is 0.667. The maximum absolute atomic E-state index is 9.74. The van der Waals surface area contributed by atoms with Crippen molar-refractivity contribution in [3.05, 3.63) is 12.3 Å². The number of nitrogens with one attached hydrogen (secondary N) is 2. The van der Waals surface area contributed by atoms with Crippen molar-refractivity contribution in [1.29, 1.82) is 0 Å². The highest BCUT2D eigenvalue weighted by Gasteiger charge is 2.21. The Morgan fingerprint density at radius 1 is 1.24 bits per heavy atom. The Hall–Kier alpha value is -1.53.